The highest BCUT2D eigenvalue weighted by atomic mass is 16.4. The van der Waals surface area contributed by atoms with E-state index in [0.717, 1.165) is 6.42 Å². The second-order valence-corrected chi connectivity index (χ2v) is 2.71. The number of carboxylic acid groups (broad SMARTS) is 1. The average Bonchev–Trinajstić information content (AvgIpc) is 2.13. The molecule has 5 heteroatoms. The van der Waals surface area contributed by atoms with E-state index in [1.807, 2.05) is 13.0 Å². The maximum Gasteiger partial charge on any atom is 0.318 e. The van der Waals surface area contributed by atoms with Gasteiger partial charge in [0.25, 0.3) is 0 Å². The molecule has 0 fully saturated rings. The van der Waals surface area contributed by atoms with Crippen molar-refractivity contribution in [3.63, 3.8) is 0 Å². The van der Waals surface area contributed by atoms with Crippen LogP contribution in [-0.4, -0.2) is 23.7 Å². The number of allylic oxidation sites excluding steroid dienone is 1. The maximum atomic E-state index is 10.9. The Morgan fingerprint density at radius 2 is 2.14 bits per heavy atom. The first-order valence-electron chi connectivity index (χ1n) is 4.58. The maximum absolute atomic E-state index is 10.9. The first-order valence-corrected chi connectivity index (χ1v) is 4.58. The molecular weight excluding hydrogens is 184 g/mol. The normalized spacial score (nSPS) is 10.1. The molecule has 0 heterocycles. The molecule has 3 N–H and O–H groups in total. The topological polar surface area (TPSA) is 78.4 Å². The summed E-state index contributed by atoms with van der Waals surface area (Å²) in [5, 5.41) is 13.3. The van der Waals surface area contributed by atoms with Gasteiger partial charge < -0.3 is 15.7 Å². The van der Waals surface area contributed by atoms with Crippen LogP contribution in [0.2, 0.25) is 0 Å². The van der Waals surface area contributed by atoms with E-state index in [9.17, 15) is 9.59 Å². The summed E-state index contributed by atoms with van der Waals surface area (Å²) in [7, 11) is 0. The largest absolute Gasteiger partial charge is 0.481 e. The molecule has 80 valence electrons. The fourth-order valence-corrected chi connectivity index (χ4v) is 0.745. The van der Waals surface area contributed by atoms with Crippen molar-refractivity contribution in [3.05, 3.63) is 12.3 Å². The Labute approximate surface area is 83.2 Å². The second kappa shape index (κ2) is 8.10. The lowest BCUT2D eigenvalue weighted by molar-refractivity contribution is -0.137. The molecule has 0 radical (unpaired) electrons. The molecule has 0 aliphatic heterocycles. The lowest BCUT2D eigenvalue weighted by Gasteiger charge is -2.02. The molecule has 0 aromatic heterocycles. The molecule has 0 aromatic carbocycles. The monoisotopic (exact) mass is 200 g/mol. The summed E-state index contributed by atoms with van der Waals surface area (Å²) in [6.07, 6.45) is 4.76. The van der Waals surface area contributed by atoms with Crippen LogP contribution in [0.3, 0.4) is 0 Å². The van der Waals surface area contributed by atoms with E-state index in [-0.39, 0.29) is 12.5 Å². The van der Waals surface area contributed by atoms with Gasteiger partial charge in [0.1, 0.15) is 0 Å². The van der Waals surface area contributed by atoms with Gasteiger partial charge in [-0.1, -0.05) is 13.0 Å². The average molecular weight is 200 g/mol. The van der Waals surface area contributed by atoms with Gasteiger partial charge in [0.15, 0.2) is 0 Å². The highest BCUT2D eigenvalue weighted by molar-refractivity contribution is 5.74. The van der Waals surface area contributed by atoms with E-state index in [1.54, 1.807) is 6.20 Å². The minimum atomic E-state index is -0.849. The zero-order chi connectivity index (χ0) is 10.8. The van der Waals surface area contributed by atoms with Crippen LogP contribution >= 0.6 is 0 Å². The Morgan fingerprint density at radius 1 is 1.43 bits per heavy atom. The van der Waals surface area contributed by atoms with Crippen LogP contribution in [0.4, 0.5) is 4.79 Å². The summed E-state index contributed by atoms with van der Waals surface area (Å²) in [6.45, 7) is 2.33. The summed E-state index contributed by atoms with van der Waals surface area (Å²) in [4.78, 5) is 21.1. The molecule has 0 saturated carbocycles. The Kier molecular flexibility index (Phi) is 7.22. The van der Waals surface area contributed by atoms with Gasteiger partial charge in [0.2, 0.25) is 0 Å². The van der Waals surface area contributed by atoms with E-state index in [4.69, 9.17) is 5.11 Å². The lowest BCUT2D eigenvalue weighted by Crippen LogP contribution is -2.32. The van der Waals surface area contributed by atoms with E-state index < -0.39 is 5.97 Å². The number of nitrogens with one attached hydrogen (secondary N) is 2. The molecule has 0 unspecified atom stereocenters. The number of carbonyl (C=O) groups is 2. The molecule has 0 aliphatic rings. The van der Waals surface area contributed by atoms with Gasteiger partial charge in [-0.2, -0.15) is 0 Å². The first kappa shape index (κ1) is 12.5. The predicted octanol–water partition coefficient (Wildman–Crippen LogP) is 1.07. The van der Waals surface area contributed by atoms with Crippen molar-refractivity contribution in [2.45, 2.75) is 26.2 Å². The van der Waals surface area contributed by atoms with Crippen LogP contribution in [0.1, 0.15) is 26.2 Å². The van der Waals surface area contributed by atoms with E-state index in [1.165, 1.54) is 0 Å². The van der Waals surface area contributed by atoms with Crippen molar-refractivity contribution in [3.8, 4) is 0 Å². The zero-order valence-corrected chi connectivity index (χ0v) is 8.25. The number of urea groups is 1. The Hall–Kier alpha value is -1.52. The summed E-state index contributed by atoms with van der Waals surface area (Å²) in [5.41, 5.74) is 0. The van der Waals surface area contributed by atoms with E-state index in [0.29, 0.717) is 13.0 Å². The van der Waals surface area contributed by atoms with E-state index >= 15 is 0 Å². The molecule has 0 bridgehead atoms. The van der Waals surface area contributed by atoms with Gasteiger partial charge in [-0.05, 0) is 12.8 Å². The van der Waals surface area contributed by atoms with Crippen LogP contribution < -0.4 is 10.6 Å². The second-order valence-electron chi connectivity index (χ2n) is 2.71. The van der Waals surface area contributed by atoms with Gasteiger partial charge in [0.05, 0.1) is 0 Å². The third-order valence-corrected chi connectivity index (χ3v) is 1.42. The lowest BCUT2D eigenvalue weighted by atomic mass is 10.3. The van der Waals surface area contributed by atoms with Gasteiger partial charge in [-0.15, -0.1) is 0 Å². The fraction of sp³-hybridized carbons (Fsp3) is 0.556. The standard InChI is InChI=1S/C9H16N2O3/c1-2-3-6-10-9(14)11-7-4-5-8(12)13/h3,6H,2,4-5,7H2,1H3,(H,12,13)(H2,10,11,14)/b6-3+. The van der Waals surface area contributed by atoms with Crippen molar-refractivity contribution < 1.29 is 14.7 Å². The number of rotatable bonds is 6. The first-order chi connectivity index (χ1) is 6.66. The summed E-state index contributed by atoms with van der Waals surface area (Å²) in [6, 6.07) is -0.305. The van der Waals surface area contributed by atoms with Crippen LogP contribution in [-0.2, 0) is 4.79 Å². The van der Waals surface area contributed by atoms with Crippen molar-refractivity contribution in [2.24, 2.45) is 0 Å². The van der Waals surface area contributed by atoms with Crippen LogP contribution in [0.25, 0.3) is 0 Å². The molecule has 5 nitrogen and oxygen atoms in total. The van der Waals surface area contributed by atoms with Crippen molar-refractivity contribution in [2.75, 3.05) is 6.54 Å². The molecule has 0 rings (SSSR count). The van der Waals surface area contributed by atoms with Crippen molar-refractivity contribution in [1.82, 2.24) is 10.6 Å². The number of hydrogen-bond acceptors (Lipinski definition) is 2. The molecule has 2 amide bonds. The predicted molar refractivity (Wildman–Crippen MR) is 52.8 cm³/mol. The molecular formula is C9H16N2O3. The molecule has 14 heavy (non-hydrogen) atoms. The van der Waals surface area contributed by atoms with Gasteiger partial charge >= 0.3 is 12.0 Å². The molecule has 0 spiro atoms. The highest BCUT2D eigenvalue weighted by Gasteiger charge is 1.98. The molecule has 0 saturated heterocycles. The minimum Gasteiger partial charge on any atom is -0.481 e. The van der Waals surface area contributed by atoms with Crippen molar-refractivity contribution >= 4 is 12.0 Å². The van der Waals surface area contributed by atoms with Gasteiger partial charge in [0, 0.05) is 19.2 Å². The van der Waals surface area contributed by atoms with Gasteiger partial charge in [-0.3, -0.25) is 4.79 Å². The Morgan fingerprint density at radius 3 is 2.71 bits per heavy atom. The smallest absolute Gasteiger partial charge is 0.318 e. The van der Waals surface area contributed by atoms with Gasteiger partial charge in [-0.25, -0.2) is 4.79 Å². The number of hydrogen-bond donors (Lipinski definition) is 3. The summed E-state index contributed by atoms with van der Waals surface area (Å²) in [5.74, 6) is -0.849. The summed E-state index contributed by atoms with van der Waals surface area (Å²) >= 11 is 0. The number of amides is 2. The minimum absolute atomic E-state index is 0.0745. The quantitative estimate of drug-likeness (QED) is 0.561. The third-order valence-electron chi connectivity index (χ3n) is 1.42. The highest BCUT2D eigenvalue weighted by Crippen LogP contribution is 1.85. The van der Waals surface area contributed by atoms with Crippen LogP contribution in [0.5, 0.6) is 0 Å². The van der Waals surface area contributed by atoms with Crippen molar-refractivity contribution in [1.29, 1.82) is 0 Å². The third kappa shape index (κ3) is 8.58. The zero-order valence-electron chi connectivity index (χ0n) is 8.25. The Bertz CT molecular complexity index is 214. The van der Waals surface area contributed by atoms with E-state index in [2.05, 4.69) is 10.6 Å². The molecule has 0 aromatic rings. The number of carboxylic acids is 1. The van der Waals surface area contributed by atoms with Crippen LogP contribution in [0.15, 0.2) is 12.3 Å². The van der Waals surface area contributed by atoms with Crippen LogP contribution in [0, 0.1) is 0 Å². The number of aliphatic carboxylic acids is 1. The SMILES string of the molecule is CC/C=C/NC(=O)NCCCC(=O)O. The molecule has 0 aliphatic carbocycles. The molecule has 0 atom stereocenters. The fourth-order valence-electron chi connectivity index (χ4n) is 0.745. The summed E-state index contributed by atoms with van der Waals surface area (Å²) < 4.78 is 0. The Balaban J connectivity index is 3.35. The number of carbonyl (C=O) groups excluding carboxylic acids is 1.